The molecular formula is C21H21N3O5. The van der Waals surface area contributed by atoms with Gasteiger partial charge in [0.15, 0.2) is 11.5 Å². The van der Waals surface area contributed by atoms with Crippen molar-refractivity contribution in [3.8, 4) is 23.1 Å². The van der Waals surface area contributed by atoms with Crippen molar-refractivity contribution in [1.29, 1.82) is 0 Å². The third-order valence-corrected chi connectivity index (χ3v) is 4.57. The van der Waals surface area contributed by atoms with Gasteiger partial charge in [0.05, 0.1) is 31.7 Å². The maximum atomic E-state index is 11.8. The van der Waals surface area contributed by atoms with Gasteiger partial charge >= 0.3 is 6.09 Å². The molecule has 29 heavy (non-hydrogen) atoms. The van der Waals surface area contributed by atoms with Crippen molar-refractivity contribution in [3.05, 3.63) is 42.7 Å². The Morgan fingerprint density at radius 1 is 1.07 bits per heavy atom. The van der Waals surface area contributed by atoms with Crippen LogP contribution in [0.3, 0.4) is 0 Å². The van der Waals surface area contributed by atoms with Gasteiger partial charge in [-0.1, -0.05) is 0 Å². The Kier molecular flexibility index (Phi) is 5.33. The summed E-state index contributed by atoms with van der Waals surface area (Å²) in [7, 11) is 3.13. The Balaban J connectivity index is 1.48. The zero-order chi connectivity index (χ0) is 20.2. The van der Waals surface area contributed by atoms with E-state index in [-0.39, 0.29) is 0 Å². The van der Waals surface area contributed by atoms with E-state index in [0.717, 1.165) is 12.8 Å². The van der Waals surface area contributed by atoms with Gasteiger partial charge in [0.25, 0.3) is 0 Å². The van der Waals surface area contributed by atoms with Crippen molar-refractivity contribution in [1.82, 2.24) is 9.97 Å². The molecule has 2 aromatic carbocycles. The van der Waals surface area contributed by atoms with Crippen LogP contribution in [0.5, 0.6) is 23.1 Å². The number of hydrogen-bond donors (Lipinski definition) is 1. The van der Waals surface area contributed by atoms with Gasteiger partial charge in [-0.05, 0) is 49.1 Å². The first-order valence-electron chi connectivity index (χ1n) is 9.24. The molecule has 1 N–H and O–H groups in total. The summed E-state index contributed by atoms with van der Waals surface area (Å²) in [4.78, 5) is 20.3. The zero-order valence-electron chi connectivity index (χ0n) is 16.2. The largest absolute Gasteiger partial charge is 0.493 e. The van der Waals surface area contributed by atoms with E-state index in [9.17, 15) is 4.79 Å². The third kappa shape index (κ3) is 4.48. The molecule has 0 unspecified atom stereocenters. The lowest BCUT2D eigenvalue weighted by molar-refractivity contribution is 0.156. The number of aromatic nitrogens is 2. The lowest BCUT2D eigenvalue weighted by Crippen LogP contribution is -2.14. The second-order valence-corrected chi connectivity index (χ2v) is 6.70. The van der Waals surface area contributed by atoms with Crippen molar-refractivity contribution in [2.24, 2.45) is 5.92 Å². The molecule has 150 valence electrons. The molecule has 1 aromatic heterocycles. The van der Waals surface area contributed by atoms with Gasteiger partial charge < -0.3 is 18.9 Å². The molecule has 4 rings (SSSR count). The van der Waals surface area contributed by atoms with Crippen LogP contribution < -0.4 is 19.5 Å². The van der Waals surface area contributed by atoms with E-state index in [2.05, 4.69) is 15.3 Å². The maximum Gasteiger partial charge on any atom is 0.411 e. The summed E-state index contributed by atoms with van der Waals surface area (Å²) < 4.78 is 21.7. The molecule has 1 fully saturated rings. The number of fused-ring (bicyclic) bond motifs is 1. The van der Waals surface area contributed by atoms with Crippen LogP contribution >= 0.6 is 0 Å². The van der Waals surface area contributed by atoms with Crippen LogP contribution in [0, 0.1) is 5.92 Å². The lowest BCUT2D eigenvalue weighted by atomic mass is 10.2. The van der Waals surface area contributed by atoms with Crippen LogP contribution in [0.4, 0.5) is 10.5 Å². The topological polar surface area (TPSA) is 91.8 Å². The number of ether oxygens (including phenoxy) is 4. The number of rotatable bonds is 7. The number of methoxy groups -OCH3 is 2. The van der Waals surface area contributed by atoms with Gasteiger partial charge in [-0.25, -0.2) is 14.8 Å². The molecule has 0 radical (unpaired) electrons. The van der Waals surface area contributed by atoms with Gasteiger partial charge in [0.2, 0.25) is 5.88 Å². The zero-order valence-corrected chi connectivity index (χ0v) is 16.2. The minimum atomic E-state index is -0.451. The summed E-state index contributed by atoms with van der Waals surface area (Å²) in [6.45, 7) is 0.474. The molecule has 8 nitrogen and oxygen atoms in total. The van der Waals surface area contributed by atoms with Crippen LogP contribution in [-0.2, 0) is 4.74 Å². The molecule has 3 aromatic rings. The van der Waals surface area contributed by atoms with E-state index in [0.29, 0.717) is 52.2 Å². The van der Waals surface area contributed by atoms with Crippen LogP contribution in [0.25, 0.3) is 10.9 Å². The molecule has 0 bridgehead atoms. The van der Waals surface area contributed by atoms with Crippen molar-refractivity contribution in [2.45, 2.75) is 12.8 Å². The maximum absolute atomic E-state index is 11.8. The Morgan fingerprint density at radius 3 is 2.48 bits per heavy atom. The summed E-state index contributed by atoms with van der Waals surface area (Å²) >= 11 is 0. The van der Waals surface area contributed by atoms with Crippen molar-refractivity contribution < 1.29 is 23.7 Å². The summed E-state index contributed by atoms with van der Waals surface area (Å²) in [6.07, 6.45) is 3.24. The number of benzene rings is 2. The second-order valence-electron chi connectivity index (χ2n) is 6.70. The normalized spacial score (nSPS) is 13.0. The molecular weight excluding hydrogens is 374 g/mol. The van der Waals surface area contributed by atoms with E-state index < -0.39 is 6.09 Å². The highest BCUT2D eigenvalue weighted by atomic mass is 16.5. The molecule has 0 saturated heterocycles. The van der Waals surface area contributed by atoms with Gasteiger partial charge in [0, 0.05) is 11.8 Å². The fourth-order valence-electron chi connectivity index (χ4n) is 2.79. The molecule has 8 heteroatoms. The first-order valence-corrected chi connectivity index (χ1v) is 9.24. The van der Waals surface area contributed by atoms with E-state index in [4.69, 9.17) is 18.9 Å². The van der Waals surface area contributed by atoms with E-state index in [1.807, 2.05) is 0 Å². The standard InChI is InChI=1S/C21H21N3O5/c1-26-18-9-16-17(10-19(18)27-2)22-12-23-20(16)29-15-7-5-14(6-8-15)24-21(25)28-11-13-3-4-13/h5-10,12-13H,3-4,11H2,1-2H3,(H,24,25). The Bertz CT molecular complexity index is 1020. The quantitative estimate of drug-likeness (QED) is 0.634. The van der Waals surface area contributed by atoms with Crippen LogP contribution in [-0.4, -0.2) is 36.9 Å². The van der Waals surface area contributed by atoms with E-state index >= 15 is 0 Å². The lowest BCUT2D eigenvalue weighted by Gasteiger charge is -2.12. The number of anilines is 1. The Labute approximate surface area is 167 Å². The first kappa shape index (κ1) is 18.8. The highest BCUT2D eigenvalue weighted by molar-refractivity contribution is 5.87. The summed E-state index contributed by atoms with van der Waals surface area (Å²) in [5, 5.41) is 3.39. The first-order chi connectivity index (χ1) is 14.2. The molecule has 1 aliphatic rings. The highest BCUT2D eigenvalue weighted by Crippen LogP contribution is 2.35. The Morgan fingerprint density at radius 2 is 1.79 bits per heavy atom. The number of amides is 1. The molecule has 1 aliphatic carbocycles. The van der Waals surface area contributed by atoms with Crippen molar-refractivity contribution in [3.63, 3.8) is 0 Å². The number of nitrogens with zero attached hydrogens (tertiary/aromatic N) is 2. The Hall–Kier alpha value is -3.55. The van der Waals surface area contributed by atoms with Gasteiger partial charge in [-0.3, -0.25) is 5.32 Å². The average molecular weight is 395 g/mol. The van der Waals surface area contributed by atoms with Crippen LogP contribution in [0.1, 0.15) is 12.8 Å². The number of hydrogen-bond acceptors (Lipinski definition) is 7. The predicted octanol–water partition coefficient (Wildman–Crippen LogP) is 4.40. The molecule has 1 heterocycles. The van der Waals surface area contributed by atoms with Crippen LogP contribution in [0.15, 0.2) is 42.7 Å². The SMILES string of the molecule is COc1cc2ncnc(Oc3ccc(NC(=O)OCC4CC4)cc3)c2cc1OC. The molecule has 0 atom stereocenters. The molecule has 1 saturated carbocycles. The fourth-order valence-corrected chi connectivity index (χ4v) is 2.79. The van der Waals surface area contributed by atoms with Gasteiger partial charge in [-0.15, -0.1) is 0 Å². The average Bonchev–Trinajstić information content (AvgIpc) is 3.57. The number of carbonyl (C=O) groups excluding carboxylic acids is 1. The van der Waals surface area contributed by atoms with E-state index in [1.165, 1.54) is 6.33 Å². The van der Waals surface area contributed by atoms with Gasteiger partial charge in [-0.2, -0.15) is 0 Å². The molecule has 0 spiro atoms. The van der Waals surface area contributed by atoms with Gasteiger partial charge in [0.1, 0.15) is 12.1 Å². The summed E-state index contributed by atoms with van der Waals surface area (Å²) in [5.41, 5.74) is 1.29. The number of nitrogens with one attached hydrogen (secondary N) is 1. The third-order valence-electron chi connectivity index (χ3n) is 4.57. The van der Waals surface area contributed by atoms with Crippen molar-refractivity contribution in [2.75, 3.05) is 26.1 Å². The fraction of sp³-hybridized carbons (Fsp3) is 0.286. The van der Waals surface area contributed by atoms with E-state index in [1.54, 1.807) is 50.6 Å². The molecule has 1 amide bonds. The second kappa shape index (κ2) is 8.22. The smallest absolute Gasteiger partial charge is 0.411 e. The minimum Gasteiger partial charge on any atom is -0.493 e. The molecule has 0 aliphatic heterocycles. The summed E-state index contributed by atoms with van der Waals surface area (Å²) in [6, 6.07) is 10.5. The number of carbonyl (C=O) groups is 1. The monoisotopic (exact) mass is 395 g/mol. The van der Waals surface area contributed by atoms with Crippen LogP contribution in [0.2, 0.25) is 0 Å². The predicted molar refractivity (Wildman–Crippen MR) is 107 cm³/mol. The summed E-state index contributed by atoms with van der Waals surface area (Å²) in [5.74, 6) is 2.62. The highest BCUT2D eigenvalue weighted by Gasteiger charge is 2.23. The van der Waals surface area contributed by atoms with Crippen molar-refractivity contribution >= 4 is 22.7 Å². The minimum absolute atomic E-state index is 0.389.